The van der Waals surface area contributed by atoms with E-state index in [1.54, 1.807) is 24.3 Å². The Hall–Kier alpha value is -6.02. The number of benzene rings is 5. The minimum Gasteiger partial charge on any atom is -0.457 e. The average molecular weight is 693 g/mol. The molecule has 0 radical (unpaired) electrons. The lowest BCUT2D eigenvalue weighted by atomic mass is 9.74. The first-order valence-electron chi connectivity index (χ1n) is 17.5. The summed E-state index contributed by atoms with van der Waals surface area (Å²) in [5.74, 6) is 2.63. The molecule has 0 aliphatic rings. The summed E-state index contributed by atoms with van der Waals surface area (Å²) < 4.78 is 14.5. The molecule has 1 atom stereocenters. The van der Waals surface area contributed by atoms with Crippen LogP contribution in [0.2, 0.25) is 0 Å². The molecule has 0 N–H and O–H groups in total. The van der Waals surface area contributed by atoms with Gasteiger partial charge in [-0.25, -0.2) is 4.57 Å². The van der Waals surface area contributed by atoms with Crippen LogP contribution in [0.25, 0.3) is 27.2 Å². The molecule has 8 heteroatoms. The first kappa shape index (κ1) is 34.4. The Balaban J connectivity index is 1.10. The van der Waals surface area contributed by atoms with E-state index in [0.29, 0.717) is 17.2 Å². The zero-order valence-corrected chi connectivity index (χ0v) is 30.2. The molecular formula is C44H40N2O6. The third-order valence-electron chi connectivity index (χ3n) is 10.8. The van der Waals surface area contributed by atoms with Gasteiger partial charge in [-0.05, 0) is 95.6 Å². The fourth-order valence-corrected chi connectivity index (χ4v) is 6.83. The topological polar surface area (TPSA) is 96.6 Å². The van der Waals surface area contributed by atoms with Gasteiger partial charge in [0.15, 0.2) is 0 Å². The normalized spacial score (nSPS) is 13.0. The zero-order chi connectivity index (χ0) is 36.9. The highest BCUT2D eigenvalue weighted by molar-refractivity contribution is 5.98. The predicted molar refractivity (Wildman–Crippen MR) is 207 cm³/mol. The van der Waals surface area contributed by atoms with E-state index >= 15 is 0 Å². The summed E-state index contributed by atoms with van der Waals surface area (Å²) in [6.07, 6.45) is 1.91. The van der Waals surface area contributed by atoms with Gasteiger partial charge in [-0.3, -0.25) is 23.7 Å². The number of aromatic nitrogens is 2. The molecule has 0 bridgehead atoms. The molecule has 0 saturated carbocycles. The van der Waals surface area contributed by atoms with E-state index in [9.17, 15) is 19.2 Å². The monoisotopic (exact) mass is 692 g/mol. The minimum atomic E-state index is -0.567. The molecule has 2 heterocycles. The van der Waals surface area contributed by atoms with Crippen LogP contribution < -0.4 is 31.7 Å². The van der Waals surface area contributed by atoms with Crippen LogP contribution in [-0.2, 0) is 17.9 Å². The molecule has 8 nitrogen and oxygen atoms in total. The van der Waals surface area contributed by atoms with Crippen LogP contribution in [0.15, 0.2) is 128 Å². The molecule has 5 aromatic carbocycles. The second-order valence-electron chi connectivity index (χ2n) is 14.3. The zero-order valence-electron chi connectivity index (χ0n) is 30.2. The largest absolute Gasteiger partial charge is 0.457 e. The molecule has 7 rings (SSSR count). The Bertz CT molecular complexity index is 2600. The molecule has 0 saturated heterocycles. The van der Waals surface area contributed by atoms with Crippen molar-refractivity contribution < 1.29 is 9.47 Å². The van der Waals surface area contributed by atoms with Crippen LogP contribution in [-0.4, -0.2) is 9.13 Å². The van der Waals surface area contributed by atoms with E-state index in [1.807, 2.05) is 36.4 Å². The Labute approximate surface area is 300 Å². The molecule has 52 heavy (non-hydrogen) atoms. The van der Waals surface area contributed by atoms with E-state index in [0.717, 1.165) is 44.6 Å². The highest BCUT2D eigenvalue weighted by atomic mass is 16.5. The lowest BCUT2D eigenvalue weighted by Crippen LogP contribution is -2.23. The fraction of sp³-hybridized carbons (Fsp3) is 0.227. The third kappa shape index (κ3) is 5.84. The maximum Gasteiger partial charge on any atom is 0.266 e. The number of hydrogen-bond donors (Lipinski definition) is 0. The standard InChI is InChI=1S/C44H40N2O6/c1-7-43(3,4)29-11-9-13-33(23-29)51-31-19-15-27(16-20-31)44(5,8-2)28-17-21-32(22-18-28)52-34-14-10-12-30(24-34)46-41(49)37-25-35-36(26-38(37)42(46)50)40(48)45(6)39(35)47/h9-26H,7-8H2,1-6H3/t44-/m0/s1. The van der Waals surface area contributed by atoms with Gasteiger partial charge in [-0.15, -0.1) is 0 Å². The van der Waals surface area contributed by atoms with Crippen LogP contribution in [0.3, 0.4) is 0 Å². The van der Waals surface area contributed by atoms with Gasteiger partial charge in [0.1, 0.15) is 23.0 Å². The molecule has 7 aromatic rings. The Morgan fingerprint density at radius 2 is 0.962 bits per heavy atom. The number of hydrogen-bond acceptors (Lipinski definition) is 6. The predicted octanol–water partition coefficient (Wildman–Crippen LogP) is 8.43. The van der Waals surface area contributed by atoms with Gasteiger partial charge >= 0.3 is 0 Å². The molecule has 0 fully saturated rings. The Kier molecular flexibility index (Phi) is 8.57. The number of ether oxygens (including phenoxy) is 2. The van der Waals surface area contributed by atoms with Gasteiger partial charge in [0, 0.05) is 18.5 Å². The van der Waals surface area contributed by atoms with Crippen molar-refractivity contribution in [3.05, 3.63) is 167 Å². The minimum absolute atomic E-state index is 0.0749. The van der Waals surface area contributed by atoms with Crippen LogP contribution in [0.5, 0.6) is 23.0 Å². The van der Waals surface area contributed by atoms with E-state index in [1.165, 1.54) is 24.7 Å². The summed E-state index contributed by atoms with van der Waals surface area (Å²) in [7, 11) is 1.37. The molecule has 2 aromatic heterocycles. The molecule has 0 amide bonds. The van der Waals surface area contributed by atoms with E-state index < -0.39 is 22.2 Å². The second kappa shape index (κ2) is 12.9. The van der Waals surface area contributed by atoms with E-state index in [4.69, 9.17) is 9.47 Å². The summed E-state index contributed by atoms with van der Waals surface area (Å²) in [5, 5.41) is 0.412. The van der Waals surface area contributed by atoms with Crippen molar-refractivity contribution in [1.82, 2.24) is 9.13 Å². The van der Waals surface area contributed by atoms with Crippen molar-refractivity contribution in [3.8, 4) is 28.7 Å². The fourth-order valence-electron chi connectivity index (χ4n) is 6.83. The molecule has 0 aliphatic carbocycles. The first-order valence-corrected chi connectivity index (χ1v) is 17.5. The van der Waals surface area contributed by atoms with Crippen molar-refractivity contribution in [2.75, 3.05) is 0 Å². The SMILES string of the molecule is CCC(C)(C)c1cccc(Oc2ccc([C@](C)(CC)c3ccc(Oc4cccc(-n5c(=O)c6cc7c(=O)n(C)c(=O)c7cc6c5=O)c4)cc3)cc2)c1. The van der Waals surface area contributed by atoms with Gasteiger partial charge < -0.3 is 9.47 Å². The van der Waals surface area contributed by atoms with Crippen molar-refractivity contribution in [3.63, 3.8) is 0 Å². The summed E-state index contributed by atoms with van der Waals surface area (Å²) in [4.78, 5) is 51.9. The van der Waals surface area contributed by atoms with Gasteiger partial charge in [0.05, 0.1) is 27.2 Å². The van der Waals surface area contributed by atoms with E-state index in [-0.39, 0.29) is 32.4 Å². The molecular weight excluding hydrogens is 652 g/mol. The van der Waals surface area contributed by atoms with Gasteiger partial charge in [0.2, 0.25) is 0 Å². The van der Waals surface area contributed by atoms with Crippen LogP contribution in [0.1, 0.15) is 64.2 Å². The summed E-state index contributed by atoms with van der Waals surface area (Å²) in [6.45, 7) is 11.1. The van der Waals surface area contributed by atoms with Crippen LogP contribution in [0.4, 0.5) is 0 Å². The summed E-state index contributed by atoms with van der Waals surface area (Å²) in [5.41, 5.74) is 1.53. The van der Waals surface area contributed by atoms with Gasteiger partial charge in [0.25, 0.3) is 22.2 Å². The highest BCUT2D eigenvalue weighted by Crippen LogP contribution is 2.38. The van der Waals surface area contributed by atoms with Crippen molar-refractivity contribution in [2.45, 2.75) is 58.3 Å². The number of fused-ring (bicyclic) bond motifs is 2. The Morgan fingerprint density at radius 1 is 0.500 bits per heavy atom. The molecule has 0 spiro atoms. The summed E-state index contributed by atoms with van der Waals surface area (Å²) >= 11 is 0. The van der Waals surface area contributed by atoms with Crippen molar-refractivity contribution in [1.29, 1.82) is 0 Å². The average Bonchev–Trinajstić information content (AvgIpc) is 3.53. The van der Waals surface area contributed by atoms with Crippen molar-refractivity contribution >= 4 is 21.5 Å². The van der Waals surface area contributed by atoms with E-state index in [2.05, 4.69) is 71.0 Å². The lowest BCUT2D eigenvalue weighted by Gasteiger charge is -2.30. The molecule has 0 aliphatic heterocycles. The van der Waals surface area contributed by atoms with Crippen LogP contribution >= 0.6 is 0 Å². The molecule has 262 valence electrons. The maximum atomic E-state index is 13.4. The number of rotatable bonds is 10. The number of nitrogens with zero attached hydrogens (tertiary/aromatic N) is 2. The van der Waals surface area contributed by atoms with Gasteiger partial charge in [-0.1, -0.05) is 77.1 Å². The Morgan fingerprint density at radius 3 is 1.44 bits per heavy atom. The first-order chi connectivity index (χ1) is 24.8. The molecule has 0 unspecified atom stereocenters. The maximum absolute atomic E-state index is 13.4. The summed E-state index contributed by atoms with van der Waals surface area (Å²) in [6, 6.07) is 33.9. The lowest BCUT2D eigenvalue weighted by molar-refractivity contribution is 0.470. The van der Waals surface area contributed by atoms with Crippen LogP contribution in [0, 0.1) is 0 Å². The quantitative estimate of drug-likeness (QED) is 0.143. The third-order valence-corrected chi connectivity index (χ3v) is 10.8. The van der Waals surface area contributed by atoms with Gasteiger partial charge in [-0.2, -0.15) is 0 Å². The highest BCUT2D eigenvalue weighted by Gasteiger charge is 2.27. The smallest absolute Gasteiger partial charge is 0.266 e. The van der Waals surface area contributed by atoms with Crippen molar-refractivity contribution in [2.24, 2.45) is 7.05 Å². The second-order valence-corrected chi connectivity index (χ2v) is 14.3.